The van der Waals surface area contributed by atoms with Crippen LogP contribution in [0.25, 0.3) is 5.82 Å². The Balaban J connectivity index is 1.38. The van der Waals surface area contributed by atoms with Gasteiger partial charge in [0.15, 0.2) is 11.6 Å². The van der Waals surface area contributed by atoms with E-state index in [4.69, 9.17) is 0 Å². The second kappa shape index (κ2) is 7.95. The van der Waals surface area contributed by atoms with E-state index in [9.17, 15) is 9.59 Å². The van der Waals surface area contributed by atoms with E-state index in [1.165, 1.54) is 0 Å². The normalized spacial score (nSPS) is 20.3. The van der Waals surface area contributed by atoms with Gasteiger partial charge < -0.3 is 14.7 Å². The number of amides is 2. The fourth-order valence-electron chi connectivity index (χ4n) is 3.91. The van der Waals surface area contributed by atoms with Crippen LogP contribution < -0.4 is 4.90 Å². The maximum atomic E-state index is 13.0. The Labute approximate surface area is 164 Å². The van der Waals surface area contributed by atoms with Gasteiger partial charge in [-0.1, -0.05) is 0 Å². The SMILES string of the molecule is CC(=O)N1CCN(C(=O)C2CCCN(c3ccc(-n4ccnc4)nn3)C2)CC1. The van der Waals surface area contributed by atoms with Gasteiger partial charge in [-0.3, -0.25) is 14.2 Å². The molecular weight excluding hydrogens is 358 g/mol. The third kappa shape index (κ3) is 3.83. The monoisotopic (exact) mass is 383 g/mol. The van der Waals surface area contributed by atoms with Gasteiger partial charge in [-0.05, 0) is 25.0 Å². The van der Waals surface area contributed by atoms with Gasteiger partial charge in [0, 0.05) is 58.6 Å². The zero-order valence-corrected chi connectivity index (χ0v) is 16.1. The van der Waals surface area contributed by atoms with Crippen molar-refractivity contribution in [3.63, 3.8) is 0 Å². The van der Waals surface area contributed by atoms with Crippen molar-refractivity contribution >= 4 is 17.6 Å². The molecule has 0 aromatic carbocycles. The molecule has 4 heterocycles. The van der Waals surface area contributed by atoms with Crippen LogP contribution in [0.4, 0.5) is 5.82 Å². The summed E-state index contributed by atoms with van der Waals surface area (Å²) >= 11 is 0. The molecule has 2 aromatic rings. The van der Waals surface area contributed by atoms with Gasteiger partial charge in [0.05, 0.1) is 5.92 Å². The smallest absolute Gasteiger partial charge is 0.227 e. The molecule has 1 atom stereocenters. The van der Waals surface area contributed by atoms with Gasteiger partial charge in [0.1, 0.15) is 6.33 Å². The van der Waals surface area contributed by atoms with Gasteiger partial charge in [-0.15, -0.1) is 10.2 Å². The quantitative estimate of drug-likeness (QED) is 0.770. The van der Waals surface area contributed by atoms with E-state index in [0.29, 0.717) is 38.5 Å². The molecule has 9 heteroatoms. The largest absolute Gasteiger partial charge is 0.354 e. The standard InChI is InChI=1S/C19H25N7O2/c1-15(27)23-9-11-24(12-10-23)19(28)16-3-2-7-25(13-16)17-4-5-18(22-21-17)26-8-6-20-14-26/h4-6,8,14,16H,2-3,7,9-13H2,1H3. The highest BCUT2D eigenvalue weighted by Gasteiger charge is 2.32. The van der Waals surface area contributed by atoms with Crippen molar-refractivity contribution in [1.29, 1.82) is 0 Å². The highest BCUT2D eigenvalue weighted by atomic mass is 16.2. The number of nitrogens with zero attached hydrogens (tertiary/aromatic N) is 7. The topological polar surface area (TPSA) is 87.5 Å². The van der Waals surface area contributed by atoms with E-state index in [-0.39, 0.29) is 17.7 Å². The van der Waals surface area contributed by atoms with Gasteiger partial charge >= 0.3 is 0 Å². The van der Waals surface area contributed by atoms with Gasteiger partial charge in [-0.2, -0.15) is 0 Å². The maximum Gasteiger partial charge on any atom is 0.227 e. The molecule has 0 saturated carbocycles. The number of rotatable bonds is 3. The van der Waals surface area contributed by atoms with Crippen LogP contribution in [0.1, 0.15) is 19.8 Å². The number of carbonyl (C=O) groups is 2. The molecule has 2 aliphatic heterocycles. The summed E-state index contributed by atoms with van der Waals surface area (Å²) in [4.78, 5) is 34.3. The first-order chi connectivity index (χ1) is 13.6. The van der Waals surface area contributed by atoms with E-state index in [0.717, 1.165) is 25.2 Å². The van der Waals surface area contributed by atoms with Crippen LogP contribution in [0.15, 0.2) is 30.9 Å². The molecule has 9 nitrogen and oxygen atoms in total. The lowest BCUT2D eigenvalue weighted by atomic mass is 9.96. The first-order valence-electron chi connectivity index (χ1n) is 9.73. The summed E-state index contributed by atoms with van der Waals surface area (Å²) in [5.74, 6) is 1.74. The van der Waals surface area contributed by atoms with Crippen molar-refractivity contribution in [3.8, 4) is 5.82 Å². The molecule has 0 N–H and O–H groups in total. The minimum absolute atomic E-state index is 0.0345. The van der Waals surface area contributed by atoms with Crippen molar-refractivity contribution in [3.05, 3.63) is 30.9 Å². The number of piperidine rings is 1. The highest BCUT2D eigenvalue weighted by molar-refractivity contribution is 5.80. The average molecular weight is 383 g/mol. The fourth-order valence-corrected chi connectivity index (χ4v) is 3.91. The fraction of sp³-hybridized carbons (Fsp3) is 0.526. The van der Waals surface area contributed by atoms with Crippen LogP contribution in [0.3, 0.4) is 0 Å². The van der Waals surface area contributed by atoms with Crippen LogP contribution in [-0.2, 0) is 9.59 Å². The number of imidazole rings is 1. The van der Waals surface area contributed by atoms with Crippen LogP contribution in [0.2, 0.25) is 0 Å². The first-order valence-corrected chi connectivity index (χ1v) is 9.73. The molecule has 0 spiro atoms. The molecule has 2 aliphatic rings. The summed E-state index contributed by atoms with van der Waals surface area (Å²) in [6.45, 7) is 5.60. The zero-order valence-electron chi connectivity index (χ0n) is 16.1. The van der Waals surface area contributed by atoms with Crippen molar-refractivity contribution in [2.24, 2.45) is 5.92 Å². The maximum absolute atomic E-state index is 13.0. The minimum atomic E-state index is -0.0345. The van der Waals surface area contributed by atoms with Gasteiger partial charge in [0.25, 0.3) is 0 Å². The number of carbonyl (C=O) groups excluding carboxylic acids is 2. The van der Waals surface area contributed by atoms with Crippen LogP contribution in [-0.4, -0.2) is 80.6 Å². The number of hydrogen-bond donors (Lipinski definition) is 0. The van der Waals surface area contributed by atoms with Crippen molar-refractivity contribution in [2.75, 3.05) is 44.2 Å². The van der Waals surface area contributed by atoms with Crippen LogP contribution in [0, 0.1) is 5.92 Å². The molecule has 1 unspecified atom stereocenters. The Morgan fingerprint density at radius 3 is 2.36 bits per heavy atom. The number of piperazine rings is 1. The molecule has 148 valence electrons. The lowest BCUT2D eigenvalue weighted by Crippen LogP contribution is -2.53. The first kappa shape index (κ1) is 18.4. The number of anilines is 1. The van der Waals surface area contributed by atoms with Crippen molar-refractivity contribution < 1.29 is 9.59 Å². The van der Waals surface area contributed by atoms with E-state index >= 15 is 0 Å². The molecule has 0 aliphatic carbocycles. The number of aromatic nitrogens is 4. The molecule has 28 heavy (non-hydrogen) atoms. The Bertz CT molecular complexity index is 813. The summed E-state index contributed by atoms with van der Waals surface area (Å²) in [5, 5.41) is 8.63. The Morgan fingerprint density at radius 1 is 1.00 bits per heavy atom. The molecule has 2 saturated heterocycles. The lowest BCUT2D eigenvalue weighted by molar-refractivity contribution is -0.141. The zero-order chi connectivity index (χ0) is 19.5. The minimum Gasteiger partial charge on any atom is -0.354 e. The third-order valence-corrected chi connectivity index (χ3v) is 5.54. The molecule has 0 radical (unpaired) electrons. The predicted molar refractivity (Wildman–Crippen MR) is 103 cm³/mol. The van der Waals surface area contributed by atoms with E-state index in [2.05, 4.69) is 20.1 Å². The van der Waals surface area contributed by atoms with E-state index in [1.807, 2.05) is 23.2 Å². The molecule has 0 bridgehead atoms. The van der Waals surface area contributed by atoms with Crippen molar-refractivity contribution in [2.45, 2.75) is 19.8 Å². The molecule has 2 fully saturated rings. The molecule has 4 rings (SSSR count). The molecule has 2 aromatic heterocycles. The third-order valence-electron chi connectivity index (χ3n) is 5.54. The van der Waals surface area contributed by atoms with E-state index < -0.39 is 0 Å². The van der Waals surface area contributed by atoms with Crippen LogP contribution in [0.5, 0.6) is 0 Å². The molecule has 2 amide bonds. The summed E-state index contributed by atoms with van der Waals surface area (Å²) in [7, 11) is 0. The summed E-state index contributed by atoms with van der Waals surface area (Å²) in [5.41, 5.74) is 0. The predicted octanol–water partition coefficient (Wildman–Crippen LogP) is 0.569. The Hall–Kier alpha value is -2.97. The van der Waals surface area contributed by atoms with Crippen molar-refractivity contribution in [1.82, 2.24) is 29.5 Å². The van der Waals surface area contributed by atoms with Gasteiger partial charge in [-0.25, -0.2) is 4.98 Å². The summed E-state index contributed by atoms with van der Waals surface area (Å²) in [6, 6.07) is 3.86. The Morgan fingerprint density at radius 2 is 1.71 bits per heavy atom. The summed E-state index contributed by atoms with van der Waals surface area (Å²) in [6.07, 6.45) is 7.06. The second-order valence-corrected chi connectivity index (χ2v) is 7.34. The van der Waals surface area contributed by atoms with Crippen LogP contribution >= 0.6 is 0 Å². The number of hydrogen-bond acceptors (Lipinski definition) is 6. The molecular formula is C19H25N7O2. The Kier molecular flexibility index (Phi) is 5.23. The van der Waals surface area contributed by atoms with Gasteiger partial charge in [0.2, 0.25) is 11.8 Å². The highest BCUT2D eigenvalue weighted by Crippen LogP contribution is 2.23. The second-order valence-electron chi connectivity index (χ2n) is 7.34. The lowest BCUT2D eigenvalue weighted by Gasteiger charge is -2.39. The average Bonchev–Trinajstić information content (AvgIpc) is 3.28. The van der Waals surface area contributed by atoms with E-state index in [1.54, 1.807) is 28.9 Å². The summed E-state index contributed by atoms with van der Waals surface area (Å²) < 4.78 is 1.81.